The maximum Gasteiger partial charge on any atom is 0.270 e. The van der Waals surface area contributed by atoms with Gasteiger partial charge in [-0.2, -0.15) is 5.26 Å². The number of hydrogen-bond acceptors (Lipinski definition) is 2. The summed E-state index contributed by atoms with van der Waals surface area (Å²) >= 11 is 0. The Hall–Kier alpha value is -1.76. The van der Waals surface area contributed by atoms with Crippen LogP contribution < -0.4 is 0 Å². The smallest absolute Gasteiger partial charge is 0.270 e. The number of rotatable bonds is 3. The van der Waals surface area contributed by atoms with Crippen molar-refractivity contribution in [3.8, 4) is 6.07 Å². The highest BCUT2D eigenvalue weighted by Gasteiger charge is 2.28. The van der Waals surface area contributed by atoms with Crippen molar-refractivity contribution in [2.75, 3.05) is 13.1 Å². The van der Waals surface area contributed by atoms with Crippen molar-refractivity contribution >= 4 is 5.91 Å². The molecule has 0 spiro atoms. The fourth-order valence-electron chi connectivity index (χ4n) is 2.65. The highest BCUT2D eigenvalue weighted by Crippen LogP contribution is 2.28. The first-order valence-corrected chi connectivity index (χ1v) is 7.27. The summed E-state index contributed by atoms with van der Waals surface area (Å²) in [6.45, 7) is 8.44. The van der Waals surface area contributed by atoms with E-state index < -0.39 is 0 Å². The molecule has 1 N–H and O–H groups in total. The summed E-state index contributed by atoms with van der Waals surface area (Å²) in [6.07, 6.45) is 3.47. The predicted octanol–water partition coefficient (Wildman–Crippen LogP) is 3.17. The zero-order valence-corrected chi connectivity index (χ0v) is 12.6. The number of amides is 1. The predicted molar refractivity (Wildman–Crippen MR) is 78.2 cm³/mol. The number of aromatic amines is 1. The van der Waals surface area contributed by atoms with E-state index in [9.17, 15) is 4.79 Å². The van der Waals surface area contributed by atoms with Crippen LogP contribution in [-0.2, 0) is 0 Å². The zero-order valence-electron chi connectivity index (χ0n) is 12.6. The first-order valence-electron chi connectivity index (χ1n) is 7.27. The molecule has 1 amide bonds. The molecule has 1 unspecified atom stereocenters. The quantitative estimate of drug-likeness (QED) is 0.919. The largest absolute Gasteiger partial charge is 0.342 e. The number of nitrogens with zero attached hydrogens (tertiary/aromatic N) is 2. The fraction of sp³-hybridized carbons (Fsp3) is 0.625. The molecule has 1 saturated heterocycles. The van der Waals surface area contributed by atoms with Crippen LogP contribution in [-0.4, -0.2) is 28.9 Å². The minimum absolute atomic E-state index is 0.0183. The fourth-order valence-corrected chi connectivity index (χ4v) is 2.65. The van der Waals surface area contributed by atoms with Crippen LogP contribution in [0.2, 0.25) is 0 Å². The highest BCUT2D eigenvalue weighted by molar-refractivity contribution is 5.92. The van der Waals surface area contributed by atoms with E-state index in [0.717, 1.165) is 19.5 Å². The van der Waals surface area contributed by atoms with Crippen molar-refractivity contribution in [3.05, 3.63) is 23.5 Å². The van der Waals surface area contributed by atoms with Crippen molar-refractivity contribution in [1.29, 1.82) is 5.26 Å². The topological polar surface area (TPSA) is 59.9 Å². The molecule has 0 aliphatic carbocycles. The van der Waals surface area contributed by atoms with Gasteiger partial charge in [-0.15, -0.1) is 0 Å². The van der Waals surface area contributed by atoms with E-state index in [2.05, 4.69) is 25.8 Å². The van der Waals surface area contributed by atoms with E-state index >= 15 is 0 Å². The number of aromatic nitrogens is 1. The maximum absolute atomic E-state index is 12.3. The molecule has 1 fully saturated rings. The lowest BCUT2D eigenvalue weighted by Gasteiger charge is -2.21. The summed E-state index contributed by atoms with van der Waals surface area (Å²) < 4.78 is 0. The summed E-state index contributed by atoms with van der Waals surface area (Å²) in [6, 6.07) is 5.36. The van der Waals surface area contributed by atoms with Crippen molar-refractivity contribution in [2.45, 2.75) is 40.0 Å². The lowest BCUT2D eigenvalue weighted by Crippen LogP contribution is -2.29. The van der Waals surface area contributed by atoms with Crippen molar-refractivity contribution in [3.63, 3.8) is 0 Å². The standard InChI is InChI=1S/C16H23N3O/c1-16(2,3)8-6-12-7-9-19(11-12)15(20)14-5-4-13(10-17)18-14/h4-5,12,18H,6-9,11H2,1-3H3. The van der Waals surface area contributed by atoms with Crippen molar-refractivity contribution in [2.24, 2.45) is 11.3 Å². The first-order chi connectivity index (χ1) is 9.39. The molecule has 1 aliphatic rings. The molecule has 4 nitrogen and oxygen atoms in total. The second-order valence-electron chi connectivity index (χ2n) is 6.90. The van der Waals surface area contributed by atoms with E-state index in [1.807, 2.05) is 11.0 Å². The van der Waals surface area contributed by atoms with E-state index in [-0.39, 0.29) is 5.91 Å². The third kappa shape index (κ3) is 3.63. The average Bonchev–Trinajstić information content (AvgIpc) is 3.04. The molecular weight excluding hydrogens is 250 g/mol. The highest BCUT2D eigenvalue weighted by atomic mass is 16.2. The van der Waals surface area contributed by atoms with Crippen LogP contribution in [0.4, 0.5) is 0 Å². The second-order valence-corrected chi connectivity index (χ2v) is 6.90. The molecule has 1 atom stereocenters. The molecule has 2 rings (SSSR count). The molecule has 0 bridgehead atoms. The SMILES string of the molecule is CC(C)(C)CCC1CCN(C(=O)c2ccc(C#N)[nH]2)C1. The Morgan fingerprint density at radius 3 is 2.85 bits per heavy atom. The molecule has 0 aromatic carbocycles. The van der Waals surface area contributed by atoms with Gasteiger partial charge >= 0.3 is 0 Å². The Kier molecular flexibility index (Phi) is 4.17. The third-order valence-electron chi connectivity index (χ3n) is 3.91. The zero-order chi connectivity index (χ0) is 14.8. The van der Waals surface area contributed by atoms with Gasteiger partial charge in [0.15, 0.2) is 0 Å². The Morgan fingerprint density at radius 2 is 2.25 bits per heavy atom. The van der Waals surface area contributed by atoms with Gasteiger partial charge in [-0.1, -0.05) is 20.8 Å². The van der Waals surface area contributed by atoms with E-state index in [1.54, 1.807) is 12.1 Å². The molecule has 0 radical (unpaired) electrons. The van der Waals surface area contributed by atoms with Gasteiger partial charge < -0.3 is 9.88 Å². The number of nitrogens with one attached hydrogen (secondary N) is 1. The van der Waals surface area contributed by atoms with Crippen LogP contribution >= 0.6 is 0 Å². The molecular formula is C16H23N3O. The Balaban J connectivity index is 1.89. The number of nitriles is 1. The number of H-pyrrole nitrogens is 1. The number of hydrogen-bond donors (Lipinski definition) is 1. The first kappa shape index (κ1) is 14.6. The molecule has 1 aromatic rings. The van der Waals surface area contributed by atoms with Crippen LogP contribution in [0.5, 0.6) is 0 Å². The molecule has 20 heavy (non-hydrogen) atoms. The molecule has 4 heteroatoms. The van der Waals surface area contributed by atoms with Gasteiger partial charge in [0.05, 0.1) is 0 Å². The molecule has 0 saturated carbocycles. The monoisotopic (exact) mass is 273 g/mol. The van der Waals surface area contributed by atoms with Crippen molar-refractivity contribution < 1.29 is 4.79 Å². The molecule has 1 aliphatic heterocycles. The summed E-state index contributed by atoms with van der Waals surface area (Å²) in [7, 11) is 0. The van der Waals surface area contributed by atoms with Crippen molar-refractivity contribution in [1.82, 2.24) is 9.88 Å². The van der Waals surface area contributed by atoms with Crippen LogP contribution in [0.3, 0.4) is 0 Å². The Labute approximate surface area is 120 Å². The number of carbonyl (C=O) groups excluding carboxylic acids is 1. The normalized spacial score (nSPS) is 19.1. The molecule has 2 heterocycles. The minimum atomic E-state index is 0.0183. The Bertz CT molecular complexity index is 519. The Morgan fingerprint density at radius 1 is 1.50 bits per heavy atom. The van der Waals surface area contributed by atoms with E-state index in [4.69, 9.17) is 5.26 Å². The van der Waals surface area contributed by atoms with Gasteiger partial charge in [-0.25, -0.2) is 0 Å². The molecule has 108 valence electrons. The lowest BCUT2D eigenvalue weighted by molar-refractivity contribution is 0.0780. The van der Waals surface area contributed by atoms with Gasteiger partial charge in [0, 0.05) is 13.1 Å². The average molecular weight is 273 g/mol. The maximum atomic E-state index is 12.3. The van der Waals surface area contributed by atoms with Crippen LogP contribution in [0.15, 0.2) is 12.1 Å². The van der Waals surface area contributed by atoms with Gasteiger partial charge in [-0.3, -0.25) is 4.79 Å². The minimum Gasteiger partial charge on any atom is -0.342 e. The summed E-state index contributed by atoms with van der Waals surface area (Å²) in [5.74, 6) is 0.633. The summed E-state index contributed by atoms with van der Waals surface area (Å²) in [4.78, 5) is 17.1. The van der Waals surface area contributed by atoms with E-state index in [1.165, 1.54) is 12.8 Å². The number of likely N-dealkylation sites (tertiary alicyclic amines) is 1. The van der Waals surface area contributed by atoms with E-state index in [0.29, 0.717) is 22.7 Å². The lowest BCUT2D eigenvalue weighted by atomic mass is 9.86. The molecule has 1 aromatic heterocycles. The van der Waals surface area contributed by atoms with Gasteiger partial charge in [0.1, 0.15) is 17.5 Å². The third-order valence-corrected chi connectivity index (χ3v) is 3.91. The number of carbonyl (C=O) groups is 1. The van der Waals surface area contributed by atoms with Gasteiger partial charge in [-0.05, 0) is 42.7 Å². The summed E-state index contributed by atoms with van der Waals surface area (Å²) in [5.41, 5.74) is 1.33. The van der Waals surface area contributed by atoms with Gasteiger partial charge in [0.2, 0.25) is 0 Å². The van der Waals surface area contributed by atoms with Crippen LogP contribution in [0.1, 0.15) is 56.2 Å². The summed E-state index contributed by atoms with van der Waals surface area (Å²) in [5, 5.41) is 8.78. The van der Waals surface area contributed by atoms with Crippen LogP contribution in [0, 0.1) is 22.7 Å². The second kappa shape index (κ2) is 5.70. The van der Waals surface area contributed by atoms with Crippen LogP contribution in [0.25, 0.3) is 0 Å². The van der Waals surface area contributed by atoms with Gasteiger partial charge in [0.25, 0.3) is 5.91 Å².